The van der Waals surface area contributed by atoms with Crippen LogP contribution < -0.4 is 5.32 Å². The number of nitrogens with zero attached hydrogens (tertiary/aromatic N) is 2. The van der Waals surface area contributed by atoms with Gasteiger partial charge in [-0.15, -0.1) is 0 Å². The molecule has 1 unspecified atom stereocenters. The van der Waals surface area contributed by atoms with Crippen LogP contribution in [-0.4, -0.2) is 47.1 Å². The Morgan fingerprint density at radius 2 is 1.51 bits per heavy atom. The van der Waals surface area contributed by atoms with Gasteiger partial charge in [-0.25, -0.2) is 0 Å². The fraction of sp³-hybridized carbons (Fsp3) is 0.417. The second-order valence-electron chi connectivity index (χ2n) is 12.9. The maximum absolute atomic E-state index is 12.5. The Morgan fingerprint density at radius 3 is 2.09 bits per heavy atom. The molecule has 7 nitrogen and oxygen atoms in total. The van der Waals surface area contributed by atoms with Gasteiger partial charge in [0.1, 0.15) is 6.61 Å². The van der Waals surface area contributed by atoms with Crippen molar-refractivity contribution in [3.05, 3.63) is 89.5 Å². The van der Waals surface area contributed by atoms with E-state index in [0.29, 0.717) is 35.6 Å². The number of ether oxygens (including phenoxy) is 1. The highest BCUT2D eigenvalue weighted by Gasteiger charge is 2.40. The van der Waals surface area contributed by atoms with Gasteiger partial charge in [-0.05, 0) is 84.9 Å². The van der Waals surface area contributed by atoms with E-state index in [0.717, 1.165) is 29.7 Å². The molecule has 0 aromatic heterocycles. The molecule has 0 spiro atoms. The molecular formula is C36H43N3O4. The van der Waals surface area contributed by atoms with Crippen LogP contribution in [-0.2, 0) is 9.53 Å². The quantitative estimate of drug-likeness (QED) is 0.287. The third-order valence-corrected chi connectivity index (χ3v) is 8.90. The second kappa shape index (κ2) is 13.0. The Morgan fingerprint density at radius 1 is 0.907 bits per heavy atom. The first-order valence-electron chi connectivity index (χ1n) is 15.4. The number of aryl methyl sites for hydroxylation is 1. The molecule has 226 valence electrons. The Labute approximate surface area is 255 Å². The summed E-state index contributed by atoms with van der Waals surface area (Å²) in [6.07, 6.45) is 4.40. The van der Waals surface area contributed by atoms with E-state index in [-0.39, 0.29) is 24.9 Å². The number of aliphatic carboxylic acids is 1. The molecule has 0 bridgehead atoms. The summed E-state index contributed by atoms with van der Waals surface area (Å²) in [5.41, 5.74) is 6.30. The first kappa shape index (κ1) is 30.3. The number of carbonyl (C=O) groups excluding carboxylic acids is 1. The lowest BCUT2D eigenvalue weighted by molar-refractivity contribution is -0.136. The summed E-state index contributed by atoms with van der Waals surface area (Å²) in [5, 5.41) is 11.5. The van der Waals surface area contributed by atoms with Crippen molar-refractivity contribution in [3.63, 3.8) is 0 Å². The van der Waals surface area contributed by atoms with Crippen molar-refractivity contribution in [1.29, 1.82) is 0 Å². The van der Waals surface area contributed by atoms with E-state index in [4.69, 9.17) is 14.8 Å². The van der Waals surface area contributed by atoms with Gasteiger partial charge in [0.15, 0.2) is 0 Å². The Kier molecular flexibility index (Phi) is 9.19. The predicted octanol–water partition coefficient (Wildman–Crippen LogP) is 7.53. The van der Waals surface area contributed by atoms with E-state index >= 15 is 0 Å². The number of nitrogens with one attached hydrogen (secondary N) is 1. The molecule has 3 aromatic rings. The van der Waals surface area contributed by atoms with E-state index in [9.17, 15) is 9.59 Å². The van der Waals surface area contributed by atoms with Gasteiger partial charge in [-0.3, -0.25) is 9.59 Å². The molecule has 1 amide bonds. The Bertz CT molecular complexity index is 1430. The molecule has 1 heterocycles. The van der Waals surface area contributed by atoms with Crippen LogP contribution in [0.5, 0.6) is 0 Å². The lowest BCUT2D eigenvalue weighted by Gasteiger charge is -2.41. The summed E-state index contributed by atoms with van der Waals surface area (Å²) in [5.74, 6) is -0.517. The number of benzene rings is 3. The number of rotatable bonds is 8. The highest BCUT2D eigenvalue weighted by Crippen LogP contribution is 2.42. The fourth-order valence-corrected chi connectivity index (χ4v) is 6.25. The van der Waals surface area contributed by atoms with Crippen molar-refractivity contribution in [1.82, 2.24) is 10.2 Å². The number of hydrogen-bond donors (Lipinski definition) is 2. The summed E-state index contributed by atoms with van der Waals surface area (Å²) >= 11 is 0. The molecule has 43 heavy (non-hydrogen) atoms. The van der Waals surface area contributed by atoms with E-state index in [1.54, 1.807) is 12.1 Å². The van der Waals surface area contributed by atoms with Crippen LogP contribution in [0.1, 0.15) is 80.4 Å². The maximum atomic E-state index is 12.5. The summed E-state index contributed by atoms with van der Waals surface area (Å²) in [6, 6.07) is 25.4. The highest BCUT2D eigenvalue weighted by molar-refractivity contribution is 5.94. The standard InChI is InChI=1S/C36H43N3O4/c1-24-5-7-25(8-6-24)26-13-17-30(18-14-26)38-35-39(31-19-15-29(16-20-31)36(2,3)4)32(23-43-35)27-9-11-28(12-10-27)34(42)37-22-21-33(40)41/h5-14,17-18,29,31-32H,15-16,19-23H2,1-4H3,(H,37,42)(H,40,41). The zero-order chi connectivity index (χ0) is 30.6. The van der Waals surface area contributed by atoms with E-state index < -0.39 is 5.97 Å². The summed E-state index contributed by atoms with van der Waals surface area (Å²) in [4.78, 5) is 30.7. The number of carboxylic acids is 1. The van der Waals surface area contributed by atoms with Crippen LogP contribution in [0.4, 0.5) is 5.69 Å². The second-order valence-corrected chi connectivity index (χ2v) is 12.9. The third kappa shape index (κ3) is 7.45. The van der Waals surface area contributed by atoms with Crippen molar-refractivity contribution in [2.75, 3.05) is 13.2 Å². The van der Waals surface area contributed by atoms with E-state index in [2.05, 4.69) is 74.3 Å². The number of hydrogen-bond acceptors (Lipinski definition) is 4. The van der Waals surface area contributed by atoms with Crippen LogP contribution in [0.2, 0.25) is 0 Å². The minimum atomic E-state index is -0.937. The number of carbonyl (C=O) groups is 2. The minimum absolute atomic E-state index is 0.00844. The van der Waals surface area contributed by atoms with Gasteiger partial charge in [0, 0.05) is 18.2 Å². The summed E-state index contributed by atoms with van der Waals surface area (Å²) < 4.78 is 6.31. The number of amides is 1. The monoisotopic (exact) mass is 581 g/mol. The first-order chi connectivity index (χ1) is 20.6. The molecule has 2 aliphatic rings. The molecule has 1 atom stereocenters. The average molecular weight is 582 g/mol. The summed E-state index contributed by atoms with van der Waals surface area (Å²) in [6.45, 7) is 9.70. The lowest BCUT2D eigenvalue weighted by atomic mass is 9.71. The van der Waals surface area contributed by atoms with Gasteiger partial charge < -0.3 is 20.1 Å². The van der Waals surface area contributed by atoms with E-state index in [1.807, 2.05) is 24.3 Å². The van der Waals surface area contributed by atoms with Gasteiger partial charge in [-0.1, -0.05) is 74.9 Å². The smallest absolute Gasteiger partial charge is 0.305 e. The summed E-state index contributed by atoms with van der Waals surface area (Å²) in [7, 11) is 0. The molecule has 0 radical (unpaired) electrons. The van der Waals surface area contributed by atoms with Gasteiger partial charge in [-0.2, -0.15) is 4.99 Å². The molecule has 5 rings (SSSR count). The van der Waals surface area contributed by atoms with Crippen LogP contribution >= 0.6 is 0 Å². The van der Waals surface area contributed by atoms with E-state index in [1.165, 1.54) is 24.0 Å². The van der Waals surface area contributed by atoms with Crippen LogP contribution in [0, 0.1) is 18.3 Å². The molecular weight excluding hydrogens is 538 g/mol. The topological polar surface area (TPSA) is 91.2 Å². The molecule has 3 aromatic carbocycles. The Balaban J connectivity index is 1.37. The lowest BCUT2D eigenvalue weighted by Crippen LogP contribution is -2.42. The largest absolute Gasteiger partial charge is 0.481 e. The van der Waals surface area contributed by atoms with Crippen molar-refractivity contribution in [2.24, 2.45) is 16.3 Å². The molecule has 1 aliphatic carbocycles. The molecule has 1 saturated heterocycles. The third-order valence-electron chi connectivity index (χ3n) is 8.90. The zero-order valence-electron chi connectivity index (χ0n) is 25.7. The molecule has 1 saturated carbocycles. The van der Waals surface area contributed by atoms with Crippen LogP contribution in [0.15, 0.2) is 77.8 Å². The maximum Gasteiger partial charge on any atom is 0.305 e. The van der Waals surface area contributed by atoms with Crippen LogP contribution in [0.25, 0.3) is 11.1 Å². The van der Waals surface area contributed by atoms with Gasteiger partial charge in [0.2, 0.25) is 0 Å². The van der Waals surface area contributed by atoms with Crippen molar-refractivity contribution >= 4 is 23.6 Å². The Hall–Kier alpha value is -4.13. The predicted molar refractivity (Wildman–Crippen MR) is 170 cm³/mol. The average Bonchev–Trinajstić information content (AvgIpc) is 3.41. The highest BCUT2D eigenvalue weighted by atomic mass is 16.5. The van der Waals surface area contributed by atoms with Crippen molar-refractivity contribution in [3.8, 4) is 11.1 Å². The van der Waals surface area contributed by atoms with Crippen LogP contribution in [0.3, 0.4) is 0 Å². The molecule has 7 heteroatoms. The molecule has 2 fully saturated rings. The van der Waals surface area contributed by atoms with Gasteiger partial charge >= 0.3 is 5.97 Å². The normalized spacial score (nSPS) is 21.4. The zero-order valence-corrected chi connectivity index (χ0v) is 25.7. The first-order valence-corrected chi connectivity index (χ1v) is 15.4. The fourth-order valence-electron chi connectivity index (χ4n) is 6.25. The number of amidine groups is 1. The molecule has 1 aliphatic heterocycles. The van der Waals surface area contributed by atoms with Crippen molar-refractivity contribution < 1.29 is 19.4 Å². The van der Waals surface area contributed by atoms with Crippen molar-refractivity contribution in [2.45, 2.75) is 71.9 Å². The number of carboxylic acid groups (broad SMARTS) is 1. The number of aliphatic imine (C=N–C) groups is 1. The SMILES string of the molecule is Cc1ccc(-c2ccc(N=C3OCC(c4ccc(C(=O)NCCC(=O)O)cc4)N3C3CCC(C(C)(C)C)CC3)cc2)cc1. The van der Waals surface area contributed by atoms with Gasteiger partial charge in [0.25, 0.3) is 11.9 Å². The molecule has 2 N–H and O–H groups in total. The van der Waals surface area contributed by atoms with Gasteiger partial charge in [0.05, 0.1) is 18.2 Å². The minimum Gasteiger partial charge on any atom is -0.481 e.